The summed E-state index contributed by atoms with van der Waals surface area (Å²) in [5, 5.41) is 6.44. The van der Waals surface area contributed by atoms with Crippen LogP contribution in [0.2, 0.25) is 0 Å². The molecule has 2 N–H and O–H groups in total. The second kappa shape index (κ2) is 8.51. The molecule has 1 heterocycles. The predicted molar refractivity (Wildman–Crippen MR) is 98.9 cm³/mol. The van der Waals surface area contributed by atoms with Gasteiger partial charge in [0.25, 0.3) is 5.91 Å². The van der Waals surface area contributed by atoms with Gasteiger partial charge in [-0.3, -0.25) is 9.78 Å². The highest BCUT2D eigenvalue weighted by molar-refractivity contribution is 5.93. The summed E-state index contributed by atoms with van der Waals surface area (Å²) in [4.78, 5) is 16.6. The van der Waals surface area contributed by atoms with Crippen LogP contribution in [-0.4, -0.2) is 24.0 Å². The van der Waals surface area contributed by atoms with Gasteiger partial charge in [0.2, 0.25) is 0 Å². The van der Waals surface area contributed by atoms with Gasteiger partial charge in [0.1, 0.15) is 11.4 Å². The van der Waals surface area contributed by atoms with Crippen molar-refractivity contribution in [3.05, 3.63) is 53.9 Å². The van der Waals surface area contributed by atoms with Crippen LogP contribution in [0.3, 0.4) is 0 Å². The van der Waals surface area contributed by atoms with Crippen LogP contribution in [0.25, 0.3) is 0 Å². The Balaban J connectivity index is 1.61. The van der Waals surface area contributed by atoms with Crippen LogP contribution in [0.5, 0.6) is 5.75 Å². The van der Waals surface area contributed by atoms with Gasteiger partial charge in [0.15, 0.2) is 0 Å². The first kappa shape index (κ1) is 17.3. The molecule has 1 saturated carbocycles. The van der Waals surface area contributed by atoms with Crippen molar-refractivity contribution in [2.75, 3.05) is 12.4 Å². The van der Waals surface area contributed by atoms with E-state index in [1.807, 2.05) is 36.4 Å². The van der Waals surface area contributed by atoms with Crippen LogP contribution >= 0.6 is 0 Å². The molecule has 0 radical (unpaired) electrons. The number of aromatic nitrogens is 1. The number of pyridine rings is 1. The van der Waals surface area contributed by atoms with Crippen LogP contribution in [0.1, 0.15) is 48.2 Å². The highest BCUT2D eigenvalue weighted by Gasteiger charge is 2.14. The topological polar surface area (TPSA) is 63.2 Å². The Morgan fingerprint density at radius 2 is 2.00 bits per heavy atom. The third-order valence-corrected chi connectivity index (χ3v) is 4.60. The standard InChI is InChI=1S/C20H25N3O2/c1-25-19-10-6-5-7-15(19)14-22-20(24)18-13-17(11-12-21-18)23-16-8-3-2-4-9-16/h5-7,10-13,16H,2-4,8-9,14H2,1H3,(H,21,23)(H,22,24). The Morgan fingerprint density at radius 1 is 1.20 bits per heavy atom. The number of carbonyl (C=O) groups is 1. The van der Waals surface area contributed by atoms with Crippen molar-refractivity contribution in [2.45, 2.75) is 44.7 Å². The maximum absolute atomic E-state index is 12.4. The number of rotatable bonds is 6. The second-order valence-corrected chi connectivity index (χ2v) is 6.40. The van der Waals surface area contributed by atoms with Gasteiger partial charge in [0.05, 0.1) is 7.11 Å². The van der Waals surface area contributed by atoms with Crippen LogP contribution in [0.4, 0.5) is 5.69 Å². The monoisotopic (exact) mass is 339 g/mol. The third kappa shape index (κ3) is 4.72. The minimum Gasteiger partial charge on any atom is -0.496 e. The Bertz CT molecular complexity index is 712. The van der Waals surface area contributed by atoms with E-state index in [2.05, 4.69) is 15.6 Å². The van der Waals surface area contributed by atoms with E-state index in [1.54, 1.807) is 13.3 Å². The number of nitrogens with zero attached hydrogens (tertiary/aromatic N) is 1. The van der Waals surface area contributed by atoms with E-state index in [0.29, 0.717) is 18.3 Å². The zero-order chi connectivity index (χ0) is 17.5. The maximum atomic E-state index is 12.4. The smallest absolute Gasteiger partial charge is 0.270 e. The fraction of sp³-hybridized carbons (Fsp3) is 0.400. The Kier molecular flexibility index (Phi) is 5.88. The van der Waals surface area contributed by atoms with E-state index < -0.39 is 0 Å². The summed E-state index contributed by atoms with van der Waals surface area (Å²) in [5.41, 5.74) is 2.33. The van der Waals surface area contributed by atoms with Crippen LogP contribution < -0.4 is 15.4 Å². The molecule has 0 bridgehead atoms. The van der Waals surface area contributed by atoms with E-state index in [-0.39, 0.29) is 5.91 Å². The van der Waals surface area contributed by atoms with Crippen molar-refractivity contribution in [1.82, 2.24) is 10.3 Å². The van der Waals surface area contributed by atoms with Gasteiger partial charge in [0, 0.05) is 30.0 Å². The number of hydrogen-bond donors (Lipinski definition) is 2. The molecular formula is C20H25N3O2. The van der Waals surface area contributed by atoms with Gasteiger partial charge in [-0.2, -0.15) is 0 Å². The first-order chi connectivity index (χ1) is 12.3. The van der Waals surface area contributed by atoms with Crippen molar-refractivity contribution in [2.24, 2.45) is 0 Å². The number of para-hydroxylation sites is 1. The van der Waals surface area contributed by atoms with E-state index in [0.717, 1.165) is 17.0 Å². The summed E-state index contributed by atoms with van der Waals surface area (Å²) >= 11 is 0. The fourth-order valence-corrected chi connectivity index (χ4v) is 3.24. The average molecular weight is 339 g/mol. The molecular weight excluding hydrogens is 314 g/mol. The largest absolute Gasteiger partial charge is 0.496 e. The molecule has 5 nitrogen and oxygen atoms in total. The number of amides is 1. The molecule has 5 heteroatoms. The van der Waals surface area contributed by atoms with Gasteiger partial charge in [-0.15, -0.1) is 0 Å². The first-order valence-electron chi connectivity index (χ1n) is 8.89. The number of benzene rings is 1. The molecule has 1 fully saturated rings. The zero-order valence-electron chi connectivity index (χ0n) is 14.6. The molecule has 25 heavy (non-hydrogen) atoms. The van der Waals surface area contributed by atoms with E-state index in [1.165, 1.54) is 32.1 Å². The molecule has 0 aliphatic heterocycles. The minimum absolute atomic E-state index is 0.182. The van der Waals surface area contributed by atoms with Crippen molar-refractivity contribution in [3.63, 3.8) is 0 Å². The molecule has 1 aliphatic rings. The van der Waals surface area contributed by atoms with Crippen molar-refractivity contribution in [3.8, 4) is 5.75 Å². The predicted octanol–water partition coefficient (Wildman–Crippen LogP) is 3.76. The molecule has 0 unspecified atom stereocenters. The molecule has 1 aliphatic carbocycles. The van der Waals surface area contributed by atoms with Gasteiger partial charge in [-0.25, -0.2) is 0 Å². The van der Waals surface area contributed by atoms with Gasteiger partial charge >= 0.3 is 0 Å². The SMILES string of the molecule is COc1ccccc1CNC(=O)c1cc(NC2CCCCC2)ccn1. The Labute approximate surface area is 148 Å². The first-order valence-corrected chi connectivity index (χ1v) is 8.89. The molecule has 2 aromatic rings. The number of carbonyl (C=O) groups excluding carboxylic acids is 1. The fourth-order valence-electron chi connectivity index (χ4n) is 3.24. The lowest BCUT2D eigenvalue weighted by atomic mass is 9.95. The van der Waals surface area contributed by atoms with Gasteiger partial charge in [-0.1, -0.05) is 37.5 Å². The Hall–Kier alpha value is -2.56. The molecule has 0 spiro atoms. The number of nitrogens with one attached hydrogen (secondary N) is 2. The molecule has 1 aromatic carbocycles. The maximum Gasteiger partial charge on any atom is 0.270 e. The molecule has 1 aromatic heterocycles. The lowest BCUT2D eigenvalue weighted by molar-refractivity contribution is 0.0945. The lowest BCUT2D eigenvalue weighted by Crippen LogP contribution is -2.25. The number of ether oxygens (including phenoxy) is 1. The summed E-state index contributed by atoms with van der Waals surface area (Å²) in [6.45, 7) is 0.408. The van der Waals surface area contributed by atoms with E-state index in [9.17, 15) is 4.79 Å². The van der Waals surface area contributed by atoms with Crippen LogP contribution in [-0.2, 0) is 6.54 Å². The lowest BCUT2D eigenvalue weighted by Gasteiger charge is -2.23. The van der Waals surface area contributed by atoms with Crippen LogP contribution in [0, 0.1) is 0 Å². The molecule has 132 valence electrons. The van der Waals surface area contributed by atoms with E-state index >= 15 is 0 Å². The molecule has 3 rings (SSSR count). The van der Waals surface area contributed by atoms with E-state index in [4.69, 9.17) is 4.74 Å². The number of hydrogen-bond acceptors (Lipinski definition) is 4. The van der Waals surface area contributed by atoms with Gasteiger partial charge < -0.3 is 15.4 Å². The zero-order valence-corrected chi connectivity index (χ0v) is 14.6. The molecule has 0 saturated heterocycles. The molecule has 0 atom stereocenters. The second-order valence-electron chi connectivity index (χ2n) is 6.40. The average Bonchev–Trinajstić information content (AvgIpc) is 2.67. The highest BCUT2D eigenvalue weighted by Crippen LogP contribution is 2.22. The van der Waals surface area contributed by atoms with Crippen molar-refractivity contribution < 1.29 is 9.53 Å². The van der Waals surface area contributed by atoms with Crippen molar-refractivity contribution in [1.29, 1.82) is 0 Å². The normalized spacial score (nSPS) is 14.8. The summed E-state index contributed by atoms with van der Waals surface area (Å²) in [6.07, 6.45) is 7.94. The highest BCUT2D eigenvalue weighted by atomic mass is 16.5. The number of anilines is 1. The van der Waals surface area contributed by atoms with Crippen molar-refractivity contribution >= 4 is 11.6 Å². The third-order valence-electron chi connectivity index (χ3n) is 4.60. The summed E-state index contributed by atoms with van der Waals surface area (Å²) in [7, 11) is 1.63. The summed E-state index contributed by atoms with van der Waals surface area (Å²) < 4.78 is 5.31. The quantitative estimate of drug-likeness (QED) is 0.841. The molecule has 1 amide bonds. The van der Waals surface area contributed by atoms with Crippen LogP contribution in [0.15, 0.2) is 42.6 Å². The Morgan fingerprint density at radius 3 is 2.80 bits per heavy atom. The van der Waals surface area contributed by atoms with Gasteiger partial charge in [-0.05, 0) is 31.0 Å². The number of methoxy groups -OCH3 is 1. The minimum atomic E-state index is -0.182. The summed E-state index contributed by atoms with van der Waals surface area (Å²) in [6, 6.07) is 11.9. The summed E-state index contributed by atoms with van der Waals surface area (Å²) in [5.74, 6) is 0.585.